The second-order valence-electron chi connectivity index (χ2n) is 6.16. The van der Waals surface area contributed by atoms with Crippen LogP contribution in [0.2, 0.25) is 0 Å². The number of rotatable bonds is 5. The van der Waals surface area contributed by atoms with Crippen molar-refractivity contribution < 1.29 is 4.74 Å². The van der Waals surface area contributed by atoms with Crippen LogP contribution in [0, 0.1) is 0 Å². The first kappa shape index (κ1) is 14.4. The summed E-state index contributed by atoms with van der Waals surface area (Å²) in [6.07, 6.45) is 5.45. The van der Waals surface area contributed by atoms with Gasteiger partial charge in [-0.05, 0) is 39.7 Å². The molecule has 1 fully saturated rings. The van der Waals surface area contributed by atoms with Crippen molar-refractivity contribution in [3.8, 4) is 5.75 Å². The molecule has 0 saturated heterocycles. The zero-order valence-corrected chi connectivity index (χ0v) is 12.9. The van der Waals surface area contributed by atoms with E-state index >= 15 is 0 Å². The van der Waals surface area contributed by atoms with Gasteiger partial charge in [0.1, 0.15) is 0 Å². The van der Waals surface area contributed by atoms with Crippen molar-refractivity contribution in [2.75, 3.05) is 13.7 Å². The minimum absolute atomic E-state index is 0.166. The van der Waals surface area contributed by atoms with Crippen molar-refractivity contribution in [3.63, 3.8) is 0 Å². The lowest BCUT2D eigenvalue weighted by Crippen LogP contribution is -2.30. The van der Waals surface area contributed by atoms with E-state index < -0.39 is 0 Å². The third-order valence-corrected chi connectivity index (χ3v) is 4.28. The molecule has 4 nitrogen and oxygen atoms in total. The Kier molecular flexibility index (Phi) is 4.19. The van der Waals surface area contributed by atoms with Crippen molar-refractivity contribution in [1.29, 1.82) is 0 Å². The number of nitrogens with one attached hydrogen (secondary N) is 1. The van der Waals surface area contributed by atoms with E-state index in [1.807, 2.05) is 6.20 Å². The Morgan fingerprint density at radius 1 is 1.58 bits per heavy atom. The maximum Gasteiger partial charge on any atom is 0.160 e. The van der Waals surface area contributed by atoms with Gasteiger partial charge in [0.2, 0.25) is 0 Å². The molecule has 0 amide bonds. The Morgan fingerprint density at radius 2 is 2.32 bits per heavy atom. The molecule has 1 aliphatic rings. The molecule has 2 atom stereocenters. The highest BCUT2D eigenvalue weighted by atomic mass is 16.5. The summed E-state index contributed by atoms with van der Waals surface area (Å²) >= 11 is 0. The average molecular weight is 265 g/mol. The van der Waals surface area contributed by atoms with Crippen LogP contribution in [0.3, 0.4) is 0 Å². The number of ether oxygens (including phenoxy) is 1. The smallest absolute Gasteiger partial charge is 0.160 e. The number of hydrogen-bond donors (Lipinski definition) is 1. The summed E-state index contributed by atoms with van der Waals surface area (Å²) in [7, 11) is 1.74. The number of nitrogens with zero attached hydrogens (tertiary/aromatic N) is 2. The van der Waals surface area contributed by atoms with Crippen LogP contribution in [-0.2, 0) is 5.41 Å². The SMILES string of the molecule is CCNC1CCC(C)(c2c(OC)cnn2C(C)C)C1. The van der Waals surface area contributed by atoms with Crippen molar-refractivity contribution in [1.82, 2.24) is 15.1 Å². The molecule has 0 aromatic carbocycles. The van der Waals surface area contributed by atoms with Crippen LogP contribution in [0.1, 0.15) is 58.7 Å². The van der Waals surface area contributed by atoms with Gasteiger partial charge >= 0.3 is 0 Å². The first-order valence-corrected chi connectivity index (χ1v) is 7.37. The topological polar surface area (TPSA) is 39.1 Å². The van der Waals surface area contributed by atoms with Gasteiger partial charge in [-0.3, -0.25) is 4.68 Å². The number of aromatic nitrogens is 2. The molecule has 0 bridgehead atoms. The van der Waals surface area contributed by atoms with E-state index in [0.29, 0.717) is 12.1 Å². The Hall–Kier alpha value is -1.03. The number of hydrogen-bond acceptors (Lipinski definition) is 3. The lowest BCUT2D eigenvalue weighted by molar-refractivity contribution is 0.355. The van der Waals surface area contributed by atoms with Crippen LogP contribution in [0.4, 0.5) is 0 Å². The lowest BCUT2D eigenvalue weighted by atomic mass is 9.84. The molecule has 1 aromatic rings. The van der Waals surface area contributed by atoms with Gasteiger partial charge in [0, 0.05) is 17.5 Å². The molecule has 1 saturated carbocycles. The molecule has 0 aliphatic heterocycles. The molecule has 1 aliphatic carbocycles. The van der Waals surface area contributed by atoms with Crippen LogP contribution in [0.5, 0.6) is 5.75 Å². The van der Waals surface area contributed by atoms with E-state index in [1.54, 1.807) is 7.11 Å². The third-order valence-electron chi connectivity index (χ3n) is 4.28. The molecule has 2 unspecified atom stereocenters. The first-order valence-electron chi connectivity index (χ1n) is 7.37. The first-order chi connectivity index (χ1) is 9.01. The highest BCUT2D eigenvalue weighted by Crippen LogP contribution is 2.45. The highest BCUT2D eigenvalue weighted by Gasteiger charge is 2.41. The third kappa shape index (κ3) is 2.64. The Bertz CT molecular complexity index is 427. The normalized spacial score (nSPS) is 27.2. The molecule has 19 heavy (non-hydrogen) atoms. The summed E-state index contributed by atoms with van der Waals surface area (Å²) in [5.41, 5.74) is 1.43. The molecular formula is C15H27N3O. The summed E-state index contributed by atoms with van der Waals surface area (Å²) < 4.78 is 7.68. The fourth-order valence-electron chi connectivity index (χ4n) is 3.38. The Morgan fingerprint density at radius 3 is 2.89 bits per heavy atom. The molecule has 1 N–H and O–H groups in total. The maximum absolute atomic E-state index is 5.55. The molecule has 4 heteroatoms. The summed E-state index contributed by atoms with van der Waals surface area (Å²) in [6.45, 7) is 9.92. The van der Waals surface area contributed by atoms with Gasteiger partial charge in [0.15, 0.2) is 5.75 Å². The van der Waals surface area contributed by atoms with Gasteiger partial charge in [0.25, 0.3) is 0 Å². The standard InChI is InChI=1S/C15H27N3O/c1-6-16-12-7-8-15(4,9-12)14-13(19-5)10-17-18(14)11(2)3/h10-12,16H,6-9H2,1-5H3. The Labute approximate surface area is 116 Å². The molecule has 0 spiro atoms. The van der Waals surface area contributed by atoms with E-state index in [-0.39, 0.29) is 5.41 Å². The fraction of sp³-hybridized carbons (Fsp3) is 0.800. The minimum Gasteiger partial charge on any atom is -0.493 e. The van der Waals surface area contributed by atoms with Gasteiger partial charge in [-0.15, -0.1) is 0 Å². The quantitative estimate of drug-likeness (QED) is 0.889. The van der Waals surface area contributed by atoms with Crippen LogP contribution >= 0.6 is 0 Å². The molecule has 0 radical (unpaired) electrons. The van der Waals surface area contributed by atoms with E-state index in [0.717, 1.165) is 18.7 Å². The van der Waals surface area contributed by atoms with E-state index in [4.69, 9.17) is 4.74 Å². The predicted octanol–water partition coefficient (Wildman–Crippen LogP) is 2.89. The van der Waals surface area contributed by atoms with Gasteiger partial charge in [-0.2, -0.15) is 5.10 Å². The minimum atomic E-state index is 0.166. The second kappa shape index (κ2) is 5.53. The van der Waals surface area contributed by atoms with Crippen LogP contribution in [0.15, 0.2) is 6.20 Å². The van der Waals surface area contributed by atoms with Gasteiger partial charge in [-0.25, -0.2) is 0 Å². The summed E-state index contributed by atoms with van der Waals surface area (Å²) in [5.74, 6) is 0.938. The van der Waals surface area contributed by atoms with E-state index in [2.05, 4.69) is 42.8 Å². The second-order valence-corrected chi connectivity index (χ2v) is 6.16. The molecule has 1 aromatic heterocycles. The fourth-order valence-corrected chi connectivity index (χ4v) is 3.38. The average Bonchev–Trinajstić information content (AvgIpc) is 2.94. The predicted molar refractivity (Wildman–Crippen MR) is 77.8 cm³/mol. The largest absolute Gasteiger partial charge is 0.493 e. The van der Waals surface area contributed by atoms with Crippen molar-refractivity contribution >= 4 is 0 Å². The van der Waals surface area contributed by atoms with Gasteiger partial charge in [-0.1, -0.05) is 13.8 Å². The van der Waals surface area contributed by atoms with Crippen LogP contribution in [-0.4, -0.2) is 29.5 Å². The molecule has 108 valence electrons. The van der Waals surface area contributed by atoms with Crippen molar-refractivity contribution in [2.45, 2.75) is 64.5 Å². The Balaban J connectivity index is 2.32. The van der Waals surface area contributed by atoms with Crippen molar-refractivity contribution in [2.24, 2.45) is 0 Å². The molecular weight excluding hydrogens is 238 g/mol. The maximum atomic E-state index is 5.55. The zero-order chi connectivity index (χ0) is 14.0. The summed E-state index contributed by atoms with van der Waals surface area (Å²) in [4.78, 5) is 0. The molecule has 1 heterocycles. The van der Waals surface area contributed by atoms with Crippen molar-refractivity contribution in [3.05, 3.63) is 11.9 Å². The molecule has 2 rings (SSSR count). The summed E-state index contributed by atoms with van der Waals surface area (Å²) in [6, 6.07) is 0.990. The van der Waals surface area contributed by atoms with Crippen LogP contribution in [0.25, 0.3) is 0 Å². The monoisotopic (exact) mass is 265 g/mol. The van der Waals surface area contributed by atoms with Gasteiger partial charge in [0.05, 0.1) is 19.0 Å². The number of methoxy groups -OCH3 is 1. The van der Waals surface area contributed by atoms with Crippen LogP contribution < -0.4 is 10.1 Å². The van der Waals surface area contributed by atoms with E-state index in [9.17, 15) is 0 Å². The van der Waals surface area contributed by atoms with Gasteiger partial charge < -0.3 is 10.1 Å². The van der Waals surface area contributed by atoms with E-state index in [1.165, 1.54) is 18.5 Å². The highest BCUT2D eigenvalue weighted by molar-refractivity contribution is 5.34. The lowest BCUT2D eigenvalue weighted by Gasteiger charge is -2.28. The zero-order valence-electron chi connectivity index (χ0n) is 12.9. The summed E-state index contributed by atoms with van der Waals surface area (Å²) in [5, 5.41) is 8.10.